The fourth-order valence-electron chi connectivity index (χ4n) is 3.78. The van der Waals surface area contributed by atoms with Crippen molar-refractivity contribution in [3.63, 3.8) is 0 Å². The molecule has 6 heteroatoms. The molecular weight excluding hydrogens is 352 g/mol. The average molecular weight is 372 g/mol. The Kier molecular flexibility index (Phi) is 4.16. The number of nitrogens with one attached hydrogen (secondary N) is 1. The van der Waals surface area contributed by atoms with Gasteiger partial charge in [-0.2, -0.15) is 4.98 Å². The molecule has 0 aliphatic carbocycles. The standard InChI is InChI=1S/C22H20N4O2/c27-21(19-12-11-15-6-1-2-8-17(15)24-19)23-14-16-7-5-13-26(16)22-25-18-9-3-4-10-20(18)28-22/h1-4,6,8-12,16H,5,7,13-14H2,(H,23,27). The minimum atomic E-state index is -0.157. The number of amides is 1. The molecular formula is C22H20N4O2. The number of carbonyl (C=O) groups is 1. The zero-order valence-corrected chi connectivity index (χ0v) is 15.3. The lowest BCUT2D eigenvalue weighted by atomic mass is 10.2. The van der Waals surface area contributed by atoms with Crippen LogP contribution in [0.15, 0.2) is 65.1 Å². The van der Waals surface area contributed by atoms with Gasteiger partial charge in [0, 0.05) is 18.5 Å². The summed E-state index contributed by atoms with van der Waals surface area (Å²) in [6.07, 6.45) is 2.04. The van der Waals surface area contributed by atoms with Crippen LogP contribution in [0.25, 0.3) is 22.0 Å². The van der Waals surface area contributed by atoms with Crippen molar-refractivity contribution >= 4 is 33.9 Å². The highest BCUT2D eigenvalue weighted by molar-refractivity contribution is 5.94. The van der Waals surface area contributed by atoms with Crippen LogP contribution in [0, 0.1) is 0 Å². The van der Waals surface area contributed by atoms with Crippen LogP contribution >= 0.6 is 0 Å². The lowest BCUT2D eigenvalue weighted by Crippen LogP contribution is -2.40. The molecule has 1 aliphatic rings. The van der Waals surface area contributed by atoms with Crippen molar-refractivity contribution < 1.29 is 9.21 Å². The summed E-state index contributed by atoms with van der Waals surface area (Å²) in [4.78, 5) is 23.8. The maximum absolute atomic E-state index is 12.6. The van der Waals surface area contributed by atoms with Gasteiger partial charge in [-0.05, 0) is 37.1 Å². The Bertz CT molecular complexity index is 1120. The Morgan fingerprint density at radius 1 is 1.04 bits per heavy atom. The van der Waals surface area contributed by atoms with Gasteiger partial charge in [0.25, 0.3) is 11.9 Å². The Labute approximate surface area is 162 Å². The Morgan fingerprint density at radius 3 is 2.75 bits per heavy atom. The Hall–Kier alpha value is -3.41. The van der Waals surface area contributed by atoms with E-state index in [1.807, 2.05) is 54.6 Å². The SMILES string of the molecule is O=C(NCC1CCCN1c1nc2ccccc2o1)c1ccc2ccccc2n1. The molecule has 1 N–H and O–H groups in total. The summed E-state index contributed by atoms with van der Waals surface area (Å²) < 4.78 is 5.91. The summed E-state index contributed by atoms with van der Waals surface area (Å²) in [5.41, 5.74) is 2.90. The summed E-state index contributed by atoms with van der Waals surface area (Å²) in [6.45, 7) is 1.41. The number of hydrogen-bond acceptors (Lipinski definition) is 5. The number of oxazole rings is 1. The summed E-state index contributed by atoms with van der Waals surface area (Å²) in [6, 6.07) is 20.0. The summed E-state index contributed by atoms with van der Waals surface area (Å²) in [5, 5.41) is 4.05. The molecule has 3 heterocycles. The fourth-order valence-corrected chi connectivity index (χ4v) is 3.78. The van der Waals surface area contributed by atoms with E-state index in [9.17, 15) is 4.79 Å². The molecule has 1 saturated heterocycles. The number of para-hydroxylation sites is 3. The zero-order chi connectivity index (χ0) is 18.9. The number of fused-ring (bicyclic) bond motifs is 2. The number of benzene rings is 2. The first-order valence-electron chi connectivity index (χ1n) is 9.54. The van der Waals surface area contributed by atoms with Crippen molar-refractivity contribution in [3.05, 3.63) is 66.4 Å². The minimum Gasteiger partial charge on any atom is -0.423 e. The van der Waals surface area contributed by atoms with E-state index in [1.54, 1.807) is 6.07 Å². The van der Waals surface area contributed by atoms with E-state index in [4.69, 9.17) is 4.42 Å². The third-order valence-electron chi connectivity index (χ3n) is 5.23. The van der Waals surface area contributed by atoms with Gasteiger partial charge in [0.15, 0.2) is 5.58 Å². The topological polar surface area (TPSA) is 71.3 Å². The van der Waals surface area contributed by atoms with E-state index in [1.165, 1.54) is 0 Å². The zero-order valence-electron chi connectivity index (χ0n) is 15.3. The first-order valence-corrected chi connectivity index (χ1v) is 9.54. The molecule has 2 aromatic heterocycles. The fraction of sp³-hybridized carbons (Fsp3) is 0.227. The summed E-state index contributed by atoms with van der Waals surface area (Å²) in [7, 11) is 0. The minimum absolute atomic E-state index is 0.157. The van der Waals surface area contributed by atoms with Crippen LogP contribution in [-0.2, 0) is 0 Å². The average Bonchev–Trinajstić information content (AvgIpc) is 3.38. The molecule has 1 aliphatic heterocycles. The van der Waals surface area contributed by atoms with E-state index >= 15 is 0 Å². The van der Waals surface area contributed by atoms with Gasteiger partial charge in [0.1, 0.15) is 11.2 Å². The molecule has 1 fully saturated rings. The molecule has 4 aromatic rings. The number of carbonyl (C=O) groups excluding carboxylic acids is 1. The second-order valence-corrected chi connectivity index (χ2v) is 7.05. The molecule has 5 rings (SSSR count). The van der Waals surface area contributed by atoms with E-state index in [2.05, 4.69) is 20.2 Å². The largest absolute Gasteiger partial charge is 0.423 e. The number of pyridine rings is 1. The quantitative estimate of drug-likeness (QED) is 0.590. The molecule has 1 atom stereocenters. The molecule has 6 nitrogen and oxygen atoms in total. The first-order chi connectivity index (χ1) is 13.8. The molecule has 2 aromatic carbocycles. The van der Waals surface area contributed by atoms with Crippen LogP contribution in [0.3, 0.4) is 0 Å². The van der Waals surface area contributed by atoms with Gasteiger partial charge in [-0.3, -0.25) is 4.79 Å². The van der Waals surface area contributed by atoms with Crippen LogP contribution in [-0.4, -0.2) is 35.0 Å². The predicted octanol–water partition coefficient (Wildman–Crippen LogP) is 3.77. The number of rotatable bonds is 4. The van der Waals surface area contributed by atoms with Crippen molar-refractivity contribution in [1.29, 1.82) is 0 Å². The molecule has 0 bridgehead atoms. The van der Waals surface area contributed by atoms with Crippen LogP contribution in [0.1, 0.15) is 23.3 Å². The third-order valence-corrected chi connectivity index (χ3v) is 5.23. The lowest BCUT2D eigenvalue weighted by Gasteiger charge is -2.22. The van der Waals surface area contributed by atoms with E-state index in [-0.39, 0.29) is 11.9 Å². The van der Waals surface area contributed by atoms with Crippen LogP contribution in [0.4, 0.5) is 6.01 Å². The number of nitrogens with zero attached hydrogens (tertiary/aromatic N) is 3. The van der Waals surface area contributed by atoms with Crippen molar-refractivity contribution in [2.24, 2.45) is 0 Å². The van der Waals surface area contributed by atoms with Gasteiger partial charge >= 0.3 is 0 Å². The van der Waals surface area contributed by atoms with Gasteiger partial charge < -0.3 is 14.6 Å². The van der Waals surface area contributed by atoms with Crippen LogP contribution in [0.2, 0.25) is 0 Å². The smallest absolute Gasteiger partial charge is 0.298 e. The highest BCUT2D eigenvalue weighted by Gasteiger charge is 2.28. The van der Waals surface area contributed by atoms with Crippen molar-refractivity contribution in [2.75, 3.05) is 18.0 Å². The maximum Gasteiger partial charge on any atom is 0.298 e. The van der Waals surface area contributed by atoms with Crippen LogP contribution in [0.5, 0.6) is 0 Å². The summed E-state index contributed by atoms with van der Waals surface area (Å²) in [5.74, 6) is -0.157. The van der Waals surface area contributed by atoms with Gasteiger partial charge in [-0.25, -0.2) is 4.98 Å². The van der Waals surface area contributed by atoms with Gasteiger partial charge in [0.05, 0.1) is 11.6 Å². The van der Waals surface area contributed by atoms with Crippen molar-refractivity contribution in [3.8, 4) is 0 Å². The predicted molar refractivity (Wildman–Crippen MR) is 108 cm³/mol. The summed E-state index contributed by atoms with van der Waals surface area (Å²) >= 11 is 0. The van der Waals surface area contributed by atoms with E-state index < -0.39 is 0 Å². The number of anilines is 1. The van der Waals surface area contributed by atoms with E-state index in [0.717, 1.165) is 41.4 Å². The Morgan fingerprint density at radius 2 is 1.86 bits per heavy atom. The van der Waals surface area contributed by atoms with Crippen molar-refractivity contribution in [2.45, 2.75) is 18.9 Å². The van der Waals surface area contributed by atoms with Crippen molar-refractivity contribution in [1.82, 2.24) is 15.3 Å². The second kappa shape index (κ2) is 6.96. The molecule has 0 spiro atoms. The second-order valence-electron chi connectivity index (χ2n) is 7.05. The third kappa shape index (κ3) is 3.07. The number of aromatic nitrogens is 2. The Balaban J connectivity index is 1.30. The van der Waals surface area contributed by atoms with Crippen LogP contribution < -0.4 is 10.2 Å². The normalized spacial score (nSPS) is 16.7. The highest BCUT2D eigenvalue weighted by Crippen LogP contribution is 2.28. The molecule has 0 saturated carbocycles. The molecule has 1 unspecified atom stereocenters. The van der Waals surface area contributed by atoms with Gasteiger partial charge in [-0.1, -0.05) is 36.4 Å². The molecule has 1 amide bonds. The first kappa shape index (κ1) is 16.7. The highest BCUT2D eigenvalue weighted by atomic mass is 16.4. The lowest BCUT2D eigenvalue weighted by molar-refractivity contribution is 0.0946. The number of hydrogen-bond donors (Lipinski definition) is 1. The van der Waals surface area contributed by atoms with Gasteiger partial charge in [-0.15, -0.1) is 0 Å². The van der Waals surface area contributed by atoms with E-state index in [0.29, 0.717) is 18.3 Å². The van der Waals surface area contributed by atoms with Gasteiger partial charge in [0.2, 0.25) is 0 Å². The monoisotopic (exact) mass is 372 g/mol. The molecule has 0 radical (unpaired) electrons. The maximum atomic E-state index is 12.6. The molecule has 28 heavy (non-hydrogen) atoms. The molecule has 140 valence electrons.